The van der Waals surface area contributed by atoms with Gasteiger partial charge in [0.1, 0.15) is 17.2 Å². The van der Waals surface area contributed by atoms with Crippen LogP contribution in [0.25, 0.3) is 11.3 Å². The van der Waals surface area contributed by atoms with Crippen LogP contribution < -0.4 is 9.47 Å². The van der Waals surface area contributed by atoms with Crippen molar-refractivity contribution in [1.29, 1.82) is 0 Å². The van der Waals surface area contributed by atoms with Crippen LogP contribution >= 0.6 is 11.8 Å². The Bertz CT molecular complexity index is 942. The molecule has 7 nitrogen and oxygen atoms in total. The molecule has 0 atom stereocenters. The molecule has 1 heterocycles. The minimum atomic E-state index is -0.514. The fraction of sp³-hybridized carbons (Fsp3) is 0.211. The van der Waals surface area contributed by atoms with Gasteiger partial charge in [-0.25, -0.2) is 4.79 Å². The maximum absolute atomic E-state index is 12.2. The third-order valence-electron chi connectivity index (χ3n) is 3.75. The summed E-state index contributed by atoms with van der Waals surface area (Å²) in [7, 11) is 3.24. The summed E-state index contributed by atoms with van der Waals surface area (Å²) in [5.41, 5.74) is 1.37. The number of benzene rings is 2. The Labute approximate surface area is 161 Å². The molecule has 0 radical (unpaired) electrons. The number of carbonyl (C=O) groups excluding carboxylic acids is 1. The molecule has 2 aromatic carbocycles. The van der Waals surface area contributed by atoms with Crippen molar-refractivity contribution in [3.63, 3.8) is 0 Å². The Kier molecular flexibility index (Phi) is 5.97. The quantitative estimate of drug-likeness (QED) is 0.619. The molecule has 27 heavy (non-hydrogen) atoms. The van der Waals surface area contributed by atoms with Gasteiger partial charge in [0.05, 0.1) is 25.7 Å². The van der Waals surface area contributed by atoms with Gasteiger partial charge in [-0.2, -0.15) is 10.3 Å². The zero-order valence-corrected chi connectivity index (χ0v) is 16.0. The van der Waals surface area contributed by atoms with E-state index in [-0.39, 0.29) is 12.3 Å². The summed E-state index contributed by atoms with van der Waals surface area (Å²) in [6, 6.07) is 13.2. The number of aromatic amines is 1. The largest absolute Gasteiger partial charge is 0.497 e. The topological polar surface area (TPSA) is 86.3 Å². The van der Waals surface area contributed by atoms with Gasteiger partial charge in [0, 0.05) is 10.5 Å². The standard InChI is InChI=1S/C19H19N3O4S/c1-4-26-19(23)18-17(20-22-21-18)13-7-5-6-8-15(13)27-16-11-12(24-2)9-10-14(16)25-3/h5-11H,4H2,1-3H3,(H,20,21,22). The molecule has 0 aliphatic heterocycles. The van der Waals surface area contributed by atoms with Crippen LogP contribution in [-0.2, 0) is 4.74 Å². The second-order valence-corrected chi connectivity index (χ2v) is 6.44. The predicted molar refractivity (Wildman–Crippen MR) is 101 cm³/mol. The predicted octanol–water partition coefficient (Wildman–Crippen LogP) is 3.82. The lowest BCUT2D eigenvalue weighted by atomic mass is 10.1. The molecule has 8 heteroatoms. The Morgan fingerprint density at radius 2 is 1.89 bits per heavy atom. The number of hydrogen-bond donors (Lipinski definition) is 1. The van der Waals surface area contributed by atoms with Crippen molar-refractivity contribution < 1.29 is 19.0 Å². The Morgan fingerprint density at radius 1 is 1.07 bits per heavy atom. The normalized spacial score (nSPS) is 10.5. The van der Waals surface area contributed by atoms with Crippen LogP contribution in [0.3, 0.4) is 0 Å². The number of rotatable bonds is 7. The number of aromatic nitrogens is 3. The highest BCUT2D eigenvalue weighted by Gasteiger charge is 2.21. The Morgan fingerprint density at radius 3 is 2.63 bits per heavy atom. The third-order valence-corrected chi connectivity index (χ3v) is 4.86. The van der Waals surface area contributed by atoms with Crippen molar-refractivity contribution >= 4 is 17.7 Å². The van der Waals surface area contributed by atoms with E-state index in [1.54, 1.807) is 21.1 Å². The van der Waals surface area contributed by atoms with Gasteiger partial charge < -0.3 is 14.2 Å². The van der Waals surface area contributed by atoms with E-state index < -0.39 is 5.97 Å². The molecule has 0 unspecified atom stereocenters. The summed E-state index contributed by atoms with van der Waals surface area (Å²) >= 11 is 1.49. The molecule has 1 aromatic heterocycles. The van der Waals surface area contributed by atoms with Crippen molar-refractivity contribution in [2.45, 2.75) is 16.7 Å². The fourth-order valence-electron chi connectivity index (χ4n) is 2.49. The van der Waals surface area contributed by atoms with Gasteiger partial charge in [-0.15, -0.1) is 5.10 Å². The number of esters is 1. The van der Waals surface area contributed by atoms with Crippen molar-refractivity contribution in [3.8, 4) is 22.8 Å². The average molecular weight is 385 g/mol. The molecular weight excluding hydrogens is 366 g/mol. The van der Waals surface area contributed by atoms with Crippen LogP contribution in [0, 0.1) is 0 Å². The average Bonchev–Trinajstić information content (AvgIpc) is 3.18. The van der Waals surface area contributed by atoms with Gasteiger partial charge in [-0.1, -0.05) is 30.0 Å². The first-order valence-electron chi connectivity index (χ1n) is 8.25. The van der Waals surface area contributed by atoms with E-state index >= 15 is 0 Å². The molecule has 0 saturated carbocycles. The SMILES string of the molecule is CCOC(=O)c1n[nH]nc1-c1ccccc1Sc1cc(OC)ccc1OC. The number of H-pyrrole nitrogens is 1. The molecule has 3 aromatic rings. The molecule has 0 saturated heterocycles. The second kappa shape index (κ2) is 8.59. The molecule has 3 rings (SSSR count). The summed E-state index contributed by atoms with van der Waals surface area (Å²) in [4.78, 5) is 13.9. The van der Waals surface area contributed by atoms with Gasteiger partial charge >= 0.3 is 5.97 Å². The summed E-state index contributed by atoms with van der Waals surface area (Å²) in [5.74, 6) is 0.936. The van der Waals surface area contributed by atoms with Crippen molar-refractivity contribution in [3.05, 3.63) is 48.2 Å². The Balaban J connectivity index is 2.02. The van der Waals surface area contributed by atoms with E-state index in [2.05, 4.69) is 15.4 Å². The van der Waals surface area contributed by atoms with Crippen molar-refractivity contribution in [2.24, 2.45) is 0 Å². The van der Waals surface area contributed by atoms with Crippen LogP contribution in [-0.4, -0.2) is 42.2 Å². The zero-order valence-electron chi connectivity index (χ0n) is 15.2. The molecule has 0 bridgehead atoms. The summed E-state index contributed by atoms with van der Waals surface area (Å²) in [6.07, 6.45) is 0. The fourth-order valence-corrected chi connectivity index (χ4v) is 3.58. The number of ether oxygens (including phenoxy) is 3. The third kappa shape index (κ3) is 4.06. The second-order valence-electron chi connectivity index (χ2n) is 5.36. The van der Waals surface area contributed by atoms with E-state index in [4.69, 9.17) is 14.2 Å². The summed E-state index contributed by atoms with van der Waals surface area (Å²) in [5, 5.41) is 10.6. The minimum absolute atomic E-state index is 0.155. The zero-order chi connectivity index (χ0) is 19.2. The number of methoxy groups -OCH3 is 2. The first kappa shape index (κ1) is 18.8. The van der Waals surface area contributed by atoms with Gasteiger partial charge in [0.15, 0.2) is 5.69 Å². The van der Waals surface area contributed by atoms with E-state index in [1.165, 1.54) is 11.8 Å². The van der Waals surface area contributed by atoms with Crippen LogP contribution in [0.4, 0.5) is 0 Å². The number of nitrogens with one attached hydrogen (secondary N) is 1. The van der Waals surface area contributed by atoms with Crippen LogP contribution in [0.15, 0.2) is 52.3 Å². The van der Waals surface area contributed by atoms with E-state index in [9.17, 15) is 4.79 Å². The van der Waals surface area contributed by atoms with Crippen molar-refractivity contribution in [1.82, 2.24) is 15.4 Å². The maximum atomic E-state index is 12.2. The summed E-state index contributed by atoms with van der Waals surface area (Å²) < 4.78 is 15.8. The highest BCUT2D eigenvalue weighted by molar-refractivity contribution is 7.99. The van der Waals surface area contributed by atoms with Gasteiger partial charge in [0.25, 0.3) is 0 Å². The van der Waals surface area contributed by atoms with E-state index in [0.29, 0.717) is 5.69 Å². The molecule has 1 N–H and O–H groups in total. The van der Waals surface area contributed by atoms with Crippen molar-refractivity contribution in [2.75, 3.05) is 20.8 Å². The molecule has 0 aliphatic carbocycles. The van der Waals surface area contributed by atoms with Gasteiger partial charge in [-0.3, -0.25) is 0 Å². The van der Waals surface area contributed by atoms with Crippen LogP contribution in [0.1, 0.15) is 17.4 Å². The maximum Gasteiger partial charge on any atom is 0.361 e. The molecule has 0 fully saturated rings. The Hall–Kier alpha value is -3.00. The van der Waals surface area contributed by atoms with E-state index in [1.807, 2.05) is 42.5 Å². The smallest absolute Gasteiger partial charge is 0.361 e. The molecular formula is C19H19N3O4S. The van der Waals surface area contributed by atoms with Gasteiger partial charge in [-0.05, 0) is 31.2 Å². The van der Waals surface area contributed by atoms with Crippen LogP contribution in [0.5, 0.6) is 11.5 Å². The highest BCUT2D eigenvalue weighted by Crippen LogP contribution is 2.41. The first-order valence-corrected chi connectivity index (χ1v) is 9.06. The van der Waals surface area contributed by atoms with E-state index in [0.717, 1.165) is 26.9 Å². The lowest BCUT2D eigenvalue weighted by Gasteiger charge is -2.12. The lowest BCUT2D eigenvalue weighted by molar-refractivity contribution is 0.0520. The molecule has 0 aliphatic rings. The monoisotopic (exact) mass is 385 g/mol. The van der Waals surface area contributed by atoms with Crippen LogP contribution in [0.2, 0.25) is 0 Å². The molecule has 140 valence electrons. The highest BCUT2D eigenvalue weighted by atomic mass is 32.2. The van der Waals surface area contributed by atoms with Gasteiger partial charge in [0.2, 0.25) is 0 Å². The molecule has 0 spiro atoms. The minimum Gasteiger partial charge on any atom is -0.497 e. The summed E-state index contributed by atoms with van der Waals surface area (Å²) in [6.45, 7) is 2.01. The number of hydrogen-bond acceptors (Lipinski definition) is 7. The first-order chi connectivity index (χ1) is 13.2. The molecule has 0 amide bonds. The lowest BCUT2D eigenvalue weighted by Crippen LogP contribution is -2.07. The number of carbonyl (C=O) groups is 1. The number of nitrogens with zero attached hydrogens (tertiary/aromatic N) is 2.